The SMILES string of the molecule is CC/C=C(CC(C(=O)O)C(=O)C(C)C(C)c1cccc(I)c1)/C(/C=C/CCC)=C/C=C(\C)C(I)I. The molecule has 0 aromatic heterocycles. The zero-order chi connectivity index (χ0) is 26.5. The summed E-state index contributed by atoms with van der Waals surface area (Å²) in [5, 5.41) is 10.1. The number of alkyl halides is 2. The molecule has 0 amide bonds. The molecule has 0 saturated carbocycles. The molecule has 0 aliphatic rings. The summed E-state index contributed by atoms with van der Waals surface area (Å²) in [4.78, 5) is 25.8. The summed E-state index contributed by atoms with van der Waals surface area (Å²) >= 11 is 7.01. The van der Waals surface area contributed by atoms with Crippen molar-refractivity contribution in [1.29, 1.82) is 0 Å². The first-order valence-electron chi connectivity index (χ1n) is 12.1. The highest BCUT2D eigenvalue weighted by atomic mass is 127. The zero-order valence-corrected chi connectivity index (χ0v) is 27.7. The van der Waals surface area contributed by atoms with Crippen molar-refractivity contribution in [3.8, 4) is 0 Å². The van der Waals surface area contributed by atoms with Crippen molar-refractivity contribution >= 4 is 79.5 Å². The van der Waals surface area contributed by atoms with Gasteiger partial charge in [-0.15, -0.1) is 0 Å². The number of ketones is 1. The number of carbonyl (C=O) groups excluding carboxylic acids is 1. The molecule has 3 atom stereocenters. The van der Waals surface area contributed by atoms with Gasteiger partial charge in [-0.1, -0.05) is 127 Å². The molecule has 3 unspecified atom stereocenters. The van der Waals surface area contributed by atoms with E-state index >= 15 is 0 Å². The molecule has 0 heterocycles. The van der Waals surface area contributed by atoms with Crippen LogP contribution in [-0.4, -0.2) is 18.8 Å². The number of aliphatic carboxylic acids is 1. The number of carboxylic acids is 1. The summed E-state index contributed by atoms with van der Waals surface area (Å²) in [5.74, 6) is -2.81. The molecule has 35 heavy (non-hydrogen) atoms. The Labute approximate surface area is 252 Å². The minimum absolute atomic E-state index is 0.0630. The average Bonchev–Trinajstić information content (AvgIpc) is 2.82. The summed E-state index contributed by atoms with van der Waals surface area (Å²) in [6.45, 7) is 10.1. The number of carboxylic acid groups (broad SMARTS) is 1. The largest absolute Gasteiger partial charge is 0.481 e. The lowest BCUT2D eigenvalue weighted by Gasteiger charge is -2.24. The fourth-order valence-corrected chi connectivity index (χ4v) is 4.66. The molecule has 3 nitrogen and oxygen atoms in total. The third-order valence-corrected chi connectivity index (χ3v) is 8.72. The maximum Gasteiger partial charge on any atom is 0.314 e. The summed E-state index contributed by atoms with van der Waals surface area (Å²) in [6, 6.07) is 8.07. The van der Waals surface area contributed by atoms with Crippen LogP contribution in [-0.2, 0) is 9.59 Å². The lowest BCUT2D eigenvalue weighted by molar-refractivity contribution is -0.147. The number of carbonyl (C=O) groups is 2. The Morgan fingerprint density at radius 1 is 1.11 bits per heavy atom. The van der Waals surface area contributed by atoms with Gasteiger partial charge < -0.3 is 5.11 Å². The first-order chi connectivity index (χ1) is 16.5. The van der Waals surface area contributed by atoms with Crippen molar-refractivity contribution in [2.45, 2.75) is 68.2 Å². The van der Waals surface area contributed by atoms with Gasteiger partial charge >= 0.3 is 5.97 Å². The van der Waals surface area contributed by atoms with Crippen molar-refractivity contribution in [2.24, 2.45) is 11.8 Å². The van der Waals surface area contributed by atoms with Crippen LogP contribution in [0.25, 0.3) is 0 Å². The van der Waals surface area contributed by atoms with Crippen LogP contribution in [0.3, 0.4) is 0 Å². The smallest absolute Gasteiger partial charge is 0.314 e. The van der Waals surface area contributed by atoms with Crippen LogP contribution < -0.4 is 0 Å². The maximum absolute atomic E-state index is 13.5. The van der Waals surface area contributed by atoms with Gasteiger partial charge in [0.05, 0.1) is 1.93 Å². The van der Waals surface area contributed by atoms with Crippen molar-refractivity contribution in [3.05, 3.63) is 80.5 Å². The Bertz CT molecular complexity index is 973. The summed E-state index contributed by atoms with van der Waals surface area (Å²) in [7, 11) is 0. The van der Waals surface area contributed by atoms with Crippen LogP contribution in [0.4, 0.5) is 0 Å². The van der Waals surface area contributed by atoms with Gasteiger partial charge in [-0.2, -0.15) is 0 Å². The second kappa shape index (κ2) is 17.1. The molecule has 1 aromatic rings. The van der Waals surface area contributed by atoms with Gasteiger partial charge in [-0.25, -0.2) is 0 Å². The highest BCUT2D eigenvalue weighted by Gasteiger charge is 2.34. The molecule has 192 valence electrons. The van der Waals surface area contributed by atoms with E-state index < -0.39 is 17.8 Å². The fourth-order valence-electron chi connectivity index (χ4n) is 3.68. The van der Waals surface area contributed by atoms with E-state index in [9.17, 15) is 14.7 Å². The van der Waals surface area contributed by atoms with Crippen molar-refractivity contribution in [2.75, 3.05) is 0 Å². The molecule has 6 heteroatoms. The standard InChI is InChI=1S/C29H37I3O3/c1-6-8-9-12-22(16-15-19(3)28(31)32)24(11-7-2)18-26(29(34)35)27(33)21(5)20(4)23-13-10-14-25(30)17-23/h9-17,20-21,26,28H,6-8,18H2,1-5H3,(H,34,35)/b12-9+,19-15+,22-16+,24-11+. The number of Topliss-reactive ketones (excluding diaryl/α,β-unsaturated/α-hetero) is 1. The van der Waals surface area contributed by atoms with Crippen LogP contribution >= 0.6 is 67.8 Å². The van der Waals surface area contributed by atoms with Gasteiger partial charge in [0.25, 0.3) is 0 Å². The predicted octanol–water partition coefficient (Wildman–Crippen LogP) is 9.45. The molecule has 1 N–H and O–H groups in total. The van der Waals surface area contributed by atoms with Gasteiger partial charge in [0.1, 0.15) is 5.92 Å². The van der Waals surface area contributed by atoms with E-state index in [4.69, 9.17) is 0 Å². The average molecular weight is 814 g/mol. The van der Waals surface area contributed by atoms with Crippen LogP contribution in [0.2, 0.25) is 0 Å². The molecule has 0 aliphatic heterocycles. The van der Waals surface area contributed by atoms with Crippen LogP contribution in [0.5, 0.6) is 0 Å². The van der Waals surface area contributed by atoms with E-state index in [1.807, 2.05) is 39.0 Å². The summed E-state index contributed by atoms with van der Waals surface area (Å²) in [5.41, 5.74) is 4.18. The first kappa shape index (κ1) is 32.5. The van der Waals surface area contributed by atoms with Crippen LogP contribution in [0, 0.1) is 15.4 Å². The number of rotatable bonds is 14. The molecule has 0 fully saturated rings. The molecule has 0 aliphatic carbocycles. The zero-order valence-electron chi connectivity index (χ0n) is 21.2. The molecule has 1 aromatic carbocycles. The Morgan fingerprint density at radius 2 is 1.80 bits per heavy atom. The lowest BCUT2D eigenvalue weighted by atomic mass is 9.79. The van der Waals surface area contributed by atoms with Crippen LogP contribution in [0.15, 0.2) is 71.4 Å². The molecular weight excluding hydrogens is 777 g/mol. The number of benzene rings is 1. The Balaban J connectivity index is 3.33. The van der Waals surface area contributed by atoms with Crippen molar-refractivity contribution in [3.63, 3.8) is 0 Å². The van der Waals surface area contributed by atoms with E-state index in [1.54, 1.807) is 0 Å². The minimum atomic E-state index is -1.08. The van der Waals surface area contributed by atoms with Gasteiger partial charge in [0, 0.05) is 9.49 Å². The van der Waals surface area contributed by atoms with Crippen molar-refractivity contribution in [1.82, 2.24) is 0 Å². The number of unbranched alkanes of at least 4 members (excludes halogenated alkanes) is 1. The van der Waals surface area contributed by atoms with Gasteiger partial charge in [-0.05, 0) is 83.5 Å². The molecule has 0 radical (unpaired) electrons. The topological polar surface area (TPSA) is 54.4 Å². The molecule has 1 rings (SSSR count). The third-order valence-electron chi connectivity index (χ3n) is 6.08. The number of allylic oxidation sites excluding steroid dienone is 8. The Morgan fingerprint density at radius 3 is 2.34 bits per heavy atom. The van der Waals surface area contributed by atoms with E-state index in [0.29, 0.717) is 1.93 Å². The van der Waals surface area contributed by atoms with Gasteiger partial charge in [0.2, 0.25) is 0 Å². The lowest BCUT2D eigenvalue weighted by Crippen LogP contribution is -2.31. The second-order valence-electron chi connectivity index (χ2n) is 8.79. The second-order valence-corrected chi connectivity index (χ2v) is 14.9. The number of halogens is 3. The molecule has 0 saturated heterocycles. The predicted molar refractivity (Wildman–Crippen MR) is 174 cm³/mol. The molecular formula is C29H37I3O3. The highest BCUT2D eigenvalue weighted by Crippen LogP contribution is 2.31. The van der Waals surface area contributed by atoms with Crippen molar-refractivity contribution < 1.29 is 14.7 Å². The highest BCUT2D eigenvalue weighted by molar-refractivity contribution is 14.2. The van der Waals surface area contributed by atoms with E-state index in [2.05, 4.69) is 118 Å². The molecule has 0 spiro atoms. The minimum Gasteiger partial charge on any atom is -0.481 e. The van der Waals surface area contributed by atoms with Crippen LogP contribution in [0.1, 0.15) is 71.8 Å². The fraction of sp³-hybridized carbons (Fsp3) is 0.448. The summed E-state index contributed by atoms with van der Waals surface area (Å²) < 4.78 is 1.48. The van der Waals surface area contributed by atoms with E-state index in [1.165, 1.54) is 5.57 Å². The van der Waals surface area contributed by atoms with Gasteiger partial charge in [0.15, 0.2) is 5.78 Å². The Hall–Kier alpha value is -0.490. The maximum atomic E-state index is 13.5. The Kier molecular flexibility index (Phi) is 15.9. The monoisotopic (exact) mass is 814 g/mol. The number of hydrogen-bond donors (Lipinski definition) is 1. The third kappa shape index (κ3) is 11.2. The quantitative estimate of drug-likeness (QED) is 0.0882. The van der Waals surface area contributed by atoms with E-state index in [0.717, 1.165) is 39.5 Å². The molecule has 0 bridgehead atoms. The summed E-state index contributed by atoms with van der Waals surface area (Å²) in [6.07, 6.45) is 13.4. The van der Waals surface area contributed by atoms with Gasteiger partial charge in [-0.3, -0.25) is 9.59 Å². The first-order valence-corrected chi connectivity index (χ1v) is 15.6. The number of hydrogen-bond acceptors (Lipinski definition) is 2. The normalized spacial score (nSPS) is 16.0. The van der Waals surface area contributed by atoms with E-state index in [-0.39, 0.29) is 18.1 Å².